The van der Waals surface area contributed by atoms with Gasteiger partial charge in [0, 0.05) is 34.6 Å². The molecule has 0 saturated carbocycles. The van der Waals surface area contributed by atoms with Crippen LogP contribution in [0.2, 0.25) is 5.02 Å². The minimum atomic E-state index is 0.688. The van der Waals surface area contributed by atoms with Crippen molar-refractivity contribution in [1.29, 1.82) is 0 Å². The molecule has 0 aliphatic carbocycles. The third kappa shape index (κ3) is 5.25. The van der Waals surface area contributed by atoms with Crippen molar-refractivity contribution in [2.45, 2.75) is 24.0 Å². The van der Waals surface area contributed by atoms with Crippen LogP contribution in [0.1, 0.15) is 16.3 Å². The van der Waals surface area contributed by atoms with Crippen LogP contribution in [0.25, 0.3) is 5.69 Å². The Bertz CT molecular complexity index is 1050. The van der Waals surface area contributed by atoms with Gasteiger partial charge in [0.15, 0.2) is 11.0 Å². The zero-order valence-electron chi connectivity index (χ0n) is 15.9. The average Bonchev–Trinajstić information content (AvgIpc) is 3.37. The fourth-order valence-electron chi connectivity index (χ4n) is 2.96. The fraction of sp³-hybridized carbons (Fsp3) is 0.190. The van der Waals surface area contributed by atoms with Gasteiger partial charge in [-0.1, -0.05) is 35.5 Å². The molecule has 4 aromatic rings. The topological polar surface area (TPSA) is 46.8 Å². The lowest BCUT2D eigenvalue weighted by molar-refractivity contribution is 0.310. The number of rotatable bonds is 8. The number of nitrogens with zero attached hydrogens (tertiary/aromatic N) is 5. The number of halogens is 1. The predicted molar refractivity (Wildman–Crippen MR) is 120 cm³/mol. The van der Waals surface area contributed by atoms with Gasteiger partial charge in [-0.05, 0) is 54.4 Å². The molecule has 8 heteroatoms. The summed E-state index contributed by atoms with van der Waals surface area (Å²) in [5.41, 5.74) is 2.17. The standard InChI is InChI=1S/C21H20ClN5S2/c1-26(13-19-6-3-11-28-19)14-20-24-25-21(29-15-16-7-9-23-10-8-16)27(20)18-5-2-4-17(22)12-18/h2-12H,13-15H2,1H3. The molecule has 0 saturated heterocycles. The first-order chi connectivity index (χ1) is 14.2. The molecule has 0 aliphatic heterocycles. The van der Waals surface area contributed by atoms with Crippen LogP contribution in [0.3, 0.4) is 0 Å². The largest absolute Gasteiger partial charge is 0.294 e. The molecule has 4 rings (SSSR count). The Morgan fingerprint density at radius 3 is 2.69 bits per heavy atom. The molecule has 0 N–H and O–H groups in total. The highest BCUT2D eigenvalue weighted by Gasteiger charge is 2.17. The minimum Gasteiger partial charge on any atom is -0.294 e. The molecule has 0 radical (unpaired) electrons. The third-order valence-electron chi connectivity index (χ3n) is 4.30. The van der Waals surface area contributed by atoms with Gasteiger partial charge in [-0.15, -0.1) is 21.5 Å². The summed E-state index contributed by atoms with van der Waals surface area (Å²) >= 11 is 9.68. The van der Waals surface area contributed by atoms with Gasteiger partial charge in [0.05, 0.1) is 12.2 Å². The van der Waals surface area contributed by atoms with Crippen molar-refractivity contribution in [2.24, 2.45) is 0 Å². The molecule has 148 valence electrons. The number of hydrogen-bond acceptors (Lipinski definition) is 6. The second-order valence-electron chi connectivity index (χ2n) is 6.61. The first-order valence-electron chi connectivity index (χ1n) is 9.12. The van der Waals surface area contributed by atoms with Gasteiger partial charge in [0.1, 0.15) is 0 Å². The Kier molecular flexibility index (Phi) is 6.61. The molecule has 0 fully saturated rings. The molecule has 3 heterocycles. The monoisotopic (exact) mass is 441 g/mol. The molecular weight excluding hydrogens is 422 g/mol. The number of thioether (sulfide) groups is 1. The Labute approximate surface area is 183 Å². The molecule has 0 amide bonds. The molecule has 29 heavy (non-hydrogen) atoms. The first kappa shape index (κ1) is 20.1. The van der Waals surface area contributed by atoms with Crippen LogP contribution in [0.15, 0.2) is 71.5 Å². The van der Waals surface area contributed by atoms with E-state index in [1.54, 1.807) is 23.1 Å². The SMILES string of the molecule is CN(Cc1cccs1)Cc1nnc(SCc2ccncc2)n1-c1cccc(Cl)c1. The number of aromatic nitrogens is 4. The highest BCUT2D eigenvalue weighted by atomic mass is 35.5. The minimum absolute atomic E-state index is 0.688. The quantitative estimate of drug-likeness (QED) is 0.347. The summed E-state index contributed by atoms with van der Waals surface area (Å²) in [4.78, 5) is 7.65. The maximum Gasteiger partial charge on any atom is 0.196 e. The molecule has 5 nitrogen and oxygen atoms in total. The van der Waals surface area contributed by atoms with Crippen molar-refractivity contribution in [2.75, 3.05) is 7.05 Å². The normalized spacial score (nSPS) is 11.3. The predicted octanol–water partition coefficient (Wildman–Crippen LogP) is 5.30. The van der Waals surface area contributed by atoms with Gasteiger partial charge in [0.25, 0.3) is 0 Å². The number of thiophene rings is 1. The smallest absolute Gasteiger partial charge is 0.196 e. The summed E-state index contributed by atoms with van der Waals surface area (Å²) in [5.74, 6) is 1.69. The zero-order chi connectivity index (χ0) is 20.1. The van der Waals surface area contributed by atoms with E-state index in [1.165, 1.54) is 10.4 Å². The molecule has 0 spiro atoms. The van der Waals surface area contributed by atoms with E-state index in [0.717, 1.165) is 29.0 Å². The summed E-state index contributed by atoms with van der Waals surface area (Å²) < 4.78 is 2.10. The van der Waals surface area contributed by atoms with E-state index in [1.807, 2.05) is 48.8 Å². The summed E-state index contributed by atoms with van der Waals surface area (Å²) in [5, 5.41) is 12.6. The van der Waals surface area contributed by atoms with Crippen LogP contribution in [-0.2, 0) is 18.8 Å². The van der Waals surface area contributed by atoms with Gasteiger partial charge >= 0.3 is 0 Å². The van der Waals surface area contributed by atoms with E-state index in [2.05, 4.69) is 49.2 Å². The number of hydrogen-bond donors (Lipinski definition) is 0. The van der Waals surface area contributed by atoms with Gasteiger partial charge in [-0.3, -0.25) is 14.5 Å². The average molecular weight is 442 g/mol. The van der Waals surface area contributed by atoms with Gasteiger partial charge < -0.3 is 0 Å². The zero-order valence-corrected chi connectivity index (χ0v) is 18.3. The van der Waals surface area contributed by atoms with Crippen molar-refractivity contribution in [3.8, 4) is 5.69 Å². The van der Waals surface area contributed by atoms with Crippen molar-refractivity contribution in [3.05, 3.63) is 87.6 Å². The summed E-state index contributed by atoms with van der Waals surface area (Å²) in [6.07, 6.45) is 3.62. The number of benzene rings is 1. The van der Waals surface area contributed by atoms with E-state index < -0.39 is 0 Å². The molecular formula is C21H20ClN5S2. The molecule has 0 atom stereocenters. The van der Waals surface area contributed by atoms with Crippen LogP contribution < -0.4 is 0 Å². The molecule has 0 bridgehead atoms. The van der Waals surface area contributed by atoms with Crippen molar-refractivity contribution >= 4 is 34.7 Å². The maximum absolute atomic E-state index is 6.26. The lowest BCUT2D eigenvalue weighted by atomic mass is 10.3. The van der Waals surface area contributed by atoms with Crippen molar-refractivity contribution in [1.82, 2.24) is 24.6 Å². The lowest BCUT2D eigenvalue weighted by Crippen LogP contribution is -2.19. The Hall–Kier alpha value is -2.19. The molecule has 0 aliphatic rings. The fourth-order valence-corrected chi connectivity index (χ4v) is 4.86. The van der Waals surface area contributed by atoms with E-state index in [9.17, 15) is 0 Å². The van der Waals surface area contributed by atoms with Gasteiger partial charge in [0.2, 0.25) is 0 Å². The van der Waals surface area contributed by atoms with Crippen molar-refractivity contribution < 1.29 is 0 Å². The third-order valence-corrected chi connectivity index (χ3v) is 6.40. The first-order valence-corrected chi connectivity index (χ1v) is 11.4. The second kappa shape index (κ2) is 9.54. The van der Waals surface area contributed by atoms with Crippen LogP contribution in [0.5, 0.6) is 0 Å². The van der Waals surface area contributed by atoms with Crippen LogP contribution in [-0.4, -0.2) is 31.7 Å². The summed E-state index contributed by atoms with van der Waals surface area (Å²) in [7, 11) is 2.10. The lowest BCUT2D eigenvalue weighted by Gasteiger charge is -2.17. The molecule has 3 aromatic heterocycles. The Morgan fingerprint density at radius 1 is 1.07 bits per heavy atom. The number of pyridine rings is 1. The van der Waals surface area contributed by atoms with Gasteiger partial charge in [-0.25, -0.2) is 0 Å². The van der Waals surface area contributed by atoms with E-state index in [4.69, 9.17) is 11.6 Å². The highest BCUT2D eigenvalue weighted by molar-refractivity contribution is 7.98. The van der Waals surface area contributed by atoms with E-state index in [0.29, 0.717) is 11.6 Å². The van der Waals surface area contributed by atoms with Crippen molar-refractivity contribution in [3.63, 3.8) is 0 Å². The van der Waals surface area contributed by atoms with Crippen LogP contribution in [0.4, 0.5) is 0 Å². The van der Waals surface area contributed by atoms with Crippen LogP contribution in [0, 0.1) is 0 Å². The maximum atomic E-state index is 6.26. The van der Waals surface area contributed by atoms with E-state index >= 15 is 0 Å². The summed E-state index contributed by atoms with van der Waals surface area (Å²) in [6.45, 7) is 1.56. The second-order valence-corrected chi connectivity index (χ2v) is 9.02. The van der Waals surface area contributed by atoms with E-state index in [-0.39, 0.29) is 0 Å². The molecule has 1 aromatic carbocycles. The Balaban J connectivity index is 1.59. The summed E-state index contributed by atoms with van der Waals surface area (Å²) in [6, 6.07) is 16.1. The van der Waals surface area contributed by atoms with Crippen LogP contribution >= 0.6 is 34.7 Å². The molecule has 0 unspecified atom stereocenters. The highest BCUT2D eigenvalue weighted by Crippen LogP contribution is 2.27. The Morgan fingerprint density at radius 2 is 1.93 bits per heavy atom. The van der Waals surface area contributed by atoms with Gasteiger partial charge in [-0.2, -0.15) is 0 Å².